The van der Waals surface area contributed by atoms with E-state index in [4.69, 9.17) is 4.98 Å². The minimum Gasteiger partial charge on any atom is -0.299 e. The van der Waals surface area contributed by atoms with E-state index in [2.05, 4.69) is 101 Å². The number of rotatable bonds is 4. The lowest BCUT2D eigenvalue weighted by Crippen LogP contribution is -2.11. The van der Waals surface area contributed by atoms with Crippen molar-refractivity contribution in [3.8, 4) is 28.2 Å². The highest BCUT2D eigenvalue weighted by Gasteiger charge is 2.29. The molecule has 0 atom stereocenters. The van der Waals surface area contributed by atoms with Gasteiger partial charge in [-0.2, -0.15) is 0 Å². The van der Waals surface area contributed by atoms with Crippen LogP contribution in [0.25, 0.3) is 28.2 Å². The van der Waals surface area contributed by atoms with Gasteiger partial charge >= 0.3 is 0 Å². The maximum atomic E-state index is 4.85. The van der Waals surface area contributed by atoms with Gasteiger partial charge in [0, 0.05) is 18.0 Å². The van der Waals surface area contributed by atoms with Crippen molar-refractivity contribution in [2.24, 2.45) is 0 Å². The van der Waals surface area contributed by atoms with Crippen LogP contribution in [0.5, 0.6) is 0 Å². The highest BCUT2D eigenvalue weighted by Crippen LogP contribution is 2.46. The molecule has 0 saturated heterocycles. The molecule has 5 rings (SSSR count). The minimum absolute atomic E-state index is 0.412. The molecule has 0 bridgehead atoms. The number of hydrogen-bond acceptors (Lipinski definition) is 1. The van der Waals surface area contributed by atoms with Crippen LogP contribution in [0.3, 0.4) is 0 Å². The van der Waals surface area contributed by atoms with E-state index in [0.29, 0.717) is 11.8 Å². The zero-order chi connectivity index (χ0) is 22.6. The van der Waals surface area contributed by atoms with E-state index in [9.17, 15) is 0 Å². The van der Waals surface area contributed by atoms with Crippen LogP contribution in [0.2, 0.25) is 0 Å². The molecule has 0 spiro atoms. The number of aromatic nitrogens is 2. The number of hydrogen-bond donors (Lipinski definition) is 0. The van der Waals surface area contributed by atoms with Crippen LogP contribution in [0, 0.1) is 13.8 Å². The molecule has 4 aromatic rings. The van der Waals surface area contributed by atoms with Crippen LogP contribution in [-0.4, -0.2) is 9.55 Å². The normalized spacial score (nSPS) is 12.5. The summed E-state index contributed by atoms with van der Waals surface area (Å²) in [5.41, 5.74) is 13.7. The largest absolute Gasteiger partial charge is 0.299 e. The molecule has 0 fully saturated rings. The highest BCUT2D eigenvalue weighted by molar-refractivity contribution is 5.82. The lowest BCUT2D eigenvalue weighted by Gasteiger charge is -2.25. The fraction of sp³-hybridized carbons (Fsp3) is 0.300. The third kappa shape index (κ3) is 3.21. The summed E-state index contributed by atoms with van der Waals surface area (Å²) < 4.78 is 2.35. The van der Waals surface area contributed by atoms with Crippen LogP contribution >= 0.6 is 0 Å². The second-order valence-corrected chi connectivity index (χ2v) is 9.84. The first-order valence-electron chi connectivity index (χ1n) is 11.8. The molecule has 162 valence electrons. The van der Waals surface area contributed by atoms with E-state index in [1.54, 1.807) is 0 Å². The Kier molecular flexibility index (Phi) is 5.04. The molecule has 1 heterocycles. The molecule has 2 nitrogen and oxygen atoms in total. The van der Waals surface area contributed by atoms with Crippen molar-refractivity contribution < 1.29 is 0 Å². The molecule has 0 unspecified atom stereocenters. The quantitative estimate of drug-likeness (QED) is 0.288. The van der Waals surface area contributed by atoms with Gasteiger partial charge in [0.2, 0.25) is 0 Å². The number of imidazole rings is 1. The average Bonchev–Trinajstić information content (AvgIpc) is 3.36. The van der Waals surface area contributed by atoms with Gasteiger partial charge < -0.3 is 0 Å². The van der Waals surface area contributed by atoms with E-state index in [0.717, 1.165) is 12.2 Å². The molecule has 0 N–H and O–H groups in total. The topological polar surface area (TPSA) is 17.8 Å². The lowest BCUT2D eigenvalue weighted by molar-refractivity contribution is 0.799. The Balaban J connectivity index is 1.82. The summed E-state index contributed by atoms with van der Waals surface area (Å²) in [6, 6.07) is 18.0. The van der Waals surface area contributed by atoms with E-state index in [-0.39, 0.29) is 0 Å². The molecule has 0 saturated carbocycles. The van der Waals surface area contributed by atoms with Crippen LogP contribution in [0.15, 0.2) is 60.9 Å². The van der Waals surface area contributed by atoms with Crippen LogP contribution in [-0.2, 0) is 6.42 Å². The summed E-state index contributed by atoms with van der Waals surface area (Å²) in [6.07, 6.45) is 5.11. The van der Waals surface area contributed by atoms with Crippen LogP contribution in [0.4, 0.5) is 0 Å². The van der Waals surface area contributed by atoms with Gasteiger partial charge in [-0.3, -0.25) is 4.57 Å². The Morgan fingerprint density at radius 1 is 0.844 bits per heavy atom. The molecule has 32 heavy (non-hydrogen) atoms. The summed E-state index contributed by atoms with van der Waals surface area (Å²) in [5.74, 6) is 1.86. The number of nitrogens with zero attached hydrogens (tertiary/aromatic N) is 2. The smallest absolute Gasteiger partial charge is 0.144 e. The van der Waals surface area contributed by atoms with E-state index in [1.807, 2.05) is 6.20 Å². The number of benzene rings is 3. The number of aryl methyl sites for hydroxylation is 2. The molecule has 1 aliphatic rings. The Bertz CT molecular complexity index is 1320. The second-order valence-electron chi connectivity index (χ2n) is 9.84. The molecule has 0 aliphatic heterocycles. The minimum atomic E-state index is 0.412. The van der Waals surface area contributed by atoms with E-state index >= 15 is 0 Å². The zero-order valence-corrected chi connectivity index (χ0v) is 20.0. The van der Waals surface area contributed by atoms with Crippen LogP contribution in [0.1, 0.15) is 72.9 Å². The Morgan fingerprint density at radius 3 is 2.34 bits per heavy atom. The van der Waals surface area contributed by atoms with E-state index in [1.165, 1.54) is 55.8 Å². The Morgan fingerprint density at radius 2 is 1.62 bits per heavy atom. The van der Waals surface area contributed by atoms with Gasteiger partial charge in [0.05, 0.1) is 5.69 Å². The molecule has 2 heteroatoms. The molecule has 0 radical (unpaired) electrons. The van der Waals surface area contributed by atoms with Crippen molar-refractivity contribution in [1.82, 2.24) is 9.55 Å². The third-order valence-corrected chi connectivity index (χ3v) is 6.86. The van der Waals surface area contributed by atoms with Gasteiger partial charge in [0.25, 0.3) is 0 Å². The van der Waals surface area contributed by atoms with Gasteiger partial charge in [-0.15, -0.1) is 0 Å². The van der Waals surface area contributed by atoms with Gasteiger partial charge in [-0.1, -0.05) is 75.7 Å². The van der Waals surface area contributed by atoms with Crippen molar-refractivity contribution in [2.45, 2.75) is 59.8 Å². The fourth-order valence-electron chi connectivity index (χ4n) is 5.39. The first-order chi connectivity index (χ1) is 15.4. The fourth-order valence-corrected chi connectivity index (χ4v) is 5.39. The summed E-state index contributed by atoms with van der Waals surface area (Å²) in [7, 11) is 0. The molecule has 3 aromatic carbocycles. The number of fused-ring (bicyclic) bond motifs is 3. The van der Waals surface area contributed by atoms with Crippen molar-refractivity contribution in [1.29, 1.82) is 0 Å². The van der Waals surface area contributed by atoms with Crippen molar-refractivity contribution in [3.63, 3.8) is 0 Å². The molecular weight excluding hydrogens is 388 g/mol. The predicted molar refractivity (Wildman–Crippen MR) is 135 cm³/mol. The van der Waals surface area contributed by atoms with Gasteiger partial charge in [-0.05, 0) is 77.1 Å². The Labute approximate surface area is 192 Å². The second kappa shape index (κ2) is 7.78. The van der Waals surface area contributed by atoms with Gasteiger partial charge in [0.15, 0.2) is 0 Å². The van der Waals surface area contributed by atoms with Crippen molar-refractivity contribution in [2.75, 3.05) is 0 Å². The maximum Gasteiger partial charge on any atom is 0.144 e. The molecule has 1 aromatic heterocycles. The predicted octanol–water partition coefficient (Wildman–Crippen LogP) is 7.97. The van der Waals surface area contributed by atoms with E-state index < -0.39 is 0 Å². The molecule has 1 aliphatic carbocycles. The van der Waals surface area contributed by atoms with Gasteiger partial charge in [-0.25, -0.2) is 4.98 Å². The zero-order valence-electron chi connectivity index (χ0n) is 20.0. The third-order valence-electron chi connectivity index (χ3n) is 6.86. The SMILES string of the molecule is Cc1ccc(-c2nccn2-c2c(C(C)C)cc3c(c2C(C)C)Cc2ccccc2-3)c(C)c1. The highest BCUT2D eigenvalue weighted by atomic mass is 15.1. The average molecular weight is 421 g/mol. The lowest BCUT2D eigenvalue weighted by atomic mass is 9.85. The summed E-state index contributed by atoms with van der Waals surface area (Å²) >= 11 is 0. The Hall–Kier alpha value is -3.13. The standard InChI is InChI=1S/C30H32N2/c1-18(2)25-17-26-24-10-8-7-9-22(24)16-27(26)28(19(3)4)29(25)32-14-13-31-30(32)23-12-11-20(5)15-21(23)6/h7-15,17-19H,16H2,1-6H3. The first-order valence-corrected chi connectivity index (χ1v) is 11.8. The summed E-state index contributed by atoms with van der Waals surface area (Å²) in [4.78, 5) is 4.85. The van der Waals surface area contributed by atoms with Gasteiger partial charge in [0.1, 0.15) is 5.82 Å². The monoisotopic (exact) mass is 420 g/mol. The summed E-state index contributed by atoms with van der Waals surface area (Å²) in [6.45, 7) is 13.6. The van der Waals surface area contributed by atoms with Crippen LogP contribution < -0.4 is 0 Å². The first kappa shape index (κ1) is 20.8. The molecular formula is C30H32N2. The van der Waals surface area contributed by atoms with Crippen molar-refractivity contribution >= 4 is 0 Å². The molecule has 0 amide bonds. The van der Waals surface area contributed by atoms with Crippen molar-refractivity contribution in [3.05, 3.63) is 94.3 Å². The summed E-state index contributed by atoms with van der Waals surface area (Å²) in [5, 5.41) is 0. The maximum absolute atomic E-state index is 4.85.